The van der Waals surface area contributed by atoms with Gasteiger partial charge in [-0.15, -0.1) is 0 Å². The van der Waals surface area contributed by atoms with Crippen LogP contribution in [0.5, 0.6) is 0 Å². The largest absolute Gasteiger partial charge is 0.462 e. The van der Waals surface area contributed by atoms with Gasteiger partial charge in [0.2, 0.25) is 0 Å². The summed E-state index contributed by atoms with van der Waals surface area (Å²) >= 11 is 0. The molecule has 70 heavy (non-hydrogen) atoms. The number of carbonyl (C=O) groups excluding carboxylic acids is 3. The van der Waals surface area contributed by atoms with Crippen molar-refractivity contribution in [3.8, 4) is 0 Å². The molecule has 5 aromatic carbocycles. The fraction of sp³-hybridized carbons (Fsp3) is 0.377. The molecule has 1 saturated carbocycles. The van der Waals surface area contributed by atoms with E-state index in [1.165, 1.54) is 44.8 Å². The van der Waals surface area contributed by atoms with E-state index in [-0.39, 0.29) is 38.1 Å². The van der Waals surface area contributed by atoms with E-state index in [2.05, 4.69) is 175 Å². The zero-order valence-corrected chi connectivity index (χ0v) is 43.2. The molecule has 1 fully saturated rings. The van der Waals surface area contributed by atoms with Crippen LogP contribution in [-0.2, 0) is 28.6 Å². The minimum atomic E-state index is -0.602. The molecule has 7 rings (SSSR count). The standard InChI is InChI=1S/C61H71N3O6/c1-12-61(8,9)60(67)69-34-33-68-55(65)31-32-56(66)70-54-20-16-15-19-53(54)62-52-30-29-51(49-17-13-14-18-50(49)52)57(45-21-25-47(26-22-45)63(10)58-41(4)35-39(2)36-42(58)5)46-23-27-48(28-24-46)64(11)59-43(6)37-40(3)38-44(59)7/h13-14,17-18,21-30,35-38,53-54H,12,15-16,19-20,31-34H2,1-11H3. The van der Waals surface area contributed by atoms with Crippen LogP contribution in [0.4, 0.5) is 22.7 Å². The maximum absolute atomic E-state index is 13.2. The Bertz CT molecular complexity index is 2660. The van der Waals surface area contributed by atoms with Gasteiger partial charge in [0.1, 0.15) is 19.3 Å². The fourth-order valence-corrected chi connectivity index (χ4v) is 10.1. The second-order valence-corrected chi connectivity index (χ2v) is 19.9. The minimum Gasteiger partial charge on any atom is -0.462 e. The van der Waals surface area contributed by atoms with Crippen molar-refractivity contribution in [2.75, 3.05) is 37.1 Å². The molecule has 0 radical (unpaired) electrons. The van der Waals surface area contributed by atoms with E-state index in [1.54, 1.807) is 0 Å². The number of fused-ring (bicyclic) bond motifs is 1. The monoisotopic (exact) mass is 942 g/mol. The summed E-state index contributed by atoms with van der Waals surface area (Å²) in [4.78, 5) is 47.8. The van der Waals surface area contributed by atoms with Gasteiger partial charge >= 0.3 is 17.9 Å². The van der Waals surface area contributed by atoms with Crippen molar-refractivity contribution < 1.29 is 28.6 Å². The predicted octanol–water partition coefficient (Wildman–Crippen LogP) is 13.5. The zero-order valence-electron chi connectivity index (χ0n) is 43.2. The summed E-state index contributed by atoms with van der Waals surface area (Å²) in [6.07, 6.45) is 7.68. The molecule has 2 aliphatic rings. The van der Waals surface area contributed by atoms with Gasteiger partial charge in [-0.25, -0.2) is 0 Å². The zero-order chi connectivity index (χ0) is 50.3. The Balaban J connectivity index is 1.16. The molecule has 0 amide bonds. The number of hydrogen-bond acceptors (Lipinski definition) is 9. The van der Waals surface area contributed by atoms with Crippen LogP contribution in [0.3, 0.4) is 0 Å². The average Bonchev–Trinajstić information content (AvgIpc) is 3.33. The van der Waals surface area contributed by atoms with Crippen LogP contribution in [0.2, 0.25) is 0 Å². The number of ether oxygens (including phenoxy) is 3. The summed E-state index contributed by atoms with van der Waals surface area (Å²) in [5.41, 5.74) is 18.9. The Morgan fingerprint density at radius 1 is 0.629 bits per heavy atom. The third kappa shape index (κ3) is 11.8. The topological polar surface area (TPSA) is 97.7 Å². The van der Waals surface area contributed by atoms with Gasteiger partial charge in [0.25, 0.3) is 0 Å². The first-order valence-electron chi connectivity index (χ1n) is 24.9. The molecule has 0 saturated heterocycles. The quantitative estimate of drug-likeness (QED) is 0.0548. The Labute approximate surface area is 416 Å². The first kappa shape index (κ1) is 51.1. The molecule has 366 valence electrons. The summed E-state index contributed by atoms with van der Waals surface area (Å²) in [5.74, 6) is -1.33. The number of carbonyl (C=O) groups is 3. The van der Waals surface area contributed by atoms with E-state index in [0.29, 0.717) is 12.8 Å². The van der Waals surface area contributed by atoms with Gasteiger partial charge in [-0.3, -0.25) is 19.4 Å². The van der Waals surface area contributed by atoms with E-state index < -0.39 is 23.5 Å². The molecule has 0 spiro atoms. The molecule has 5 aromatic rings. The highest BCUT2D eigenvalue weighted by Crippen LogP contribution is 2.41. The Kier molecular flexibility index (Phi) is 16.3. The summed E-state index contributed by atoms with van der Waals surface area (Å²) in [6.45, 7) is 18.5. The van der Waals surface area contributed by atoms with Gasteiger partial charge in [-0.1, -0.05) is 103 Å². The highest BCUT2D eigenvalue weighted by Gasteiger charge is 2.31. The molecule has 9 heteroatoms. The lowest BCUT2D eigenvalue weighted by Crippen LogP contribution is -2.34. The van der Waals surface area contributed by atoms with Crippen LogP contribution >= 0.6 is 0 Å². The molecule has 9 nitrogen and oxygen atoms in total. The maximum atomic E-state index is 13.2. The first-order chi connectivity index (χ1) is 33.4. The number of rotatable bonds is 16. The highest BCUT2D eigenvalue weighted by molar-refractivity contribution is 6.19. The maximum Gasteiger partial charge on any atom is 0.311 e. The molecule has 2 aliphatic carbocycles. The summed E-state index contributed by atoms with van der Waals surface area (Å²) in [5, 5.41) is 0. The number of benzene rings is 5. The van der Waals surface area contributed by atoms with Crippen molar-refractivity contribution in [3.05, 3.63) is 165 Å². The molecular weight excluding hydrogens is 871 g/mol. The second-order valence-electron chi connectivity index (χ2n) is 19.9. The van der Waals surface area contributed by atoms with Crippen molar-refractivity contribution in [1.82, 2.24) is 0 Å². The van der Waals surface area contributed by atoms with Crippen molar-refractivity contribution in [2.24, 2.45) is 10.4 Å². The van der Waals surface area contributed by atoms with Gasteiger partial charge in [0, 0.05) is 42.4 Å². The minimum absolute atomic E-state index is 0.0302. The molecular formula is C61H71N3O6. The van der Waals surface area contributed by atoms with Crippen LogP contribution in [-0.4, -0.2) is 63.1 Å². The molecule has 2 atom stereocenters. The van der Waals surface area contributed by atoms with E-state index in [1.807, 2.05) is 20.8 Å². The number of aliphatic imine (C=N–C) groups is 1. The van der Waals surface area contributed by atoms with Gasteiger partial charge in [0.05, 0.1) is 30.0 Å². The molecule has 0 bridgehead atoms. The average molecular weight is 942 g/mol. The third-order valence-electron chi connectivity index (χ3n) is 14.0. The lowest BCUT2D eigenvalue weighted by molar-refractivity contribution is -0.160. The lowest BCUT2D eigenvalue weighted by Gasteiger charge is -2.30. The molecule has 2 unspecified atom stereocenters. The van der Waals surface area contributed by atoms with Crippen LogP contribution in [0.25, 0.3) is 11.1 Å². The molecule has 0 aromatic heterocycles. The SMILES string of the molecule is CCC(C)(C)C(=O)OCCOC(=O)CCC(=O)OC1CCCCC1N=C1C=CC(=C(c2ccc(N(C)c3c(C)cc(C)cc3C)cc2)c2ccc(N(C)c3c(C)cc(C)cc3C)cc2)c2ccccc21. The molecule has 0 heterocycles. The second kappa shape index (κ2) is 22.3. The summed E-state index contributed by atoms with van der Waals surface area (Å²) < 4.78 is 16.5. The predicted molar refractivity (Wildman–Crippen MR) is 286 cm³/mol. The number of aryl methyl sites for hydroxylation is 6. The Hall–Kier alpha value is -6.74. The van der Waals surface area contributed by atoms with Crippen LogP contribution in [0.1, 0.15) is 121 Å². The van der Waals surface area contributed by atoms with Crippen molar-refractivity contribution in [3.63, 3.8) is 0 Å². The first-order valence-corrected chi connectivity index (χ1v) is 24.9. The van der Waals surface area contributed by atoms with Gasteiger partial charge in [-0.05, 0) is 162 Å². The van der Waals surface area contributed by atoms with E-state index in [4.69, 9.17) is 19.2 Å². The number of anilines is 4. The summed E-state index contributed by atoms with van der Waals surface area (Å²) in [7, 11) is 4.28. The third-order valence-corrected chi connectivity index (χ3v) is 14.0. The fourth-order valence-electron chi connectivity index (χ4n) is 10.1. The van der Waals surface area contributed by atoms with E-state index in [9.17, 15) is 14.4 Å². The van der Waals surface area contributed by atoms with Crippen LogP contribution in [0, 0.1) is 47.0 Å². The van der Waals surface area contributed by atoms with Crippen molar-refractivity contribution in [2.45, 2.75) is 119 Å². The van der Waals surface area contributed by atoms with Gasteiger partial charge in [-0.2, -0.15) is 0 Å². The smallest absolute Gasteiger partial charge is 0.311 e. The number of nitrogens with zero attached hydrogens (tertiary/aromatic N) is 3. The molecule has 0 aliphatic heterocycles. The number of hydrogen-bond donors (Lipinski definition) is 0. The van der Waals surface area contributed by atoms with Gasteiger partial charge in [0.15, 0.2) is 0 Å². The lowest BCUT2D eigenvalue weighted by atomic mass is 9.83. The summed E-state index contributed by atoms with van der Waals surface area (Å²) in [6, 6.07) is 35.0. The van der Waals surface area contributed by atoms with Crippen molar-refractivity contribution in [1.29, 1.82) is 0 Å². The van der Waals surface area contributed by atoms with Crippen molar-refractivity contribution >= 4 is 57.5 Å². The van der Waals surface area contributed by atoms with E-state index >= 15 is 0 Å². The Morgan fingerprint density at radius 3 is 1.64 bits per heavy atom. The number of esters is 3. The van der Waals surface area contributed by atoms with E-state index in [0.717, 1.165) is 69.7 Å². The van der Waals surface area contributed by atoms with Crippen LogP contribution in [0.15, 0.2) is 114 Å². The van der Waals surface area contributed by atoms with Crippen LogP contribution < -0.4 is 9.80 Å². The Morgan fingerprint density at radius 2 is 1.11 bits per heavy atom. The normalized spacial score (nSPS) is 16.1. The number of allylic oxidation sites excluding steroid dienone is 3. The molecule has 0 N–H and O–H groups in total. The highest BCUT2D eigenvalue weighted by atomic mass is 16.6. The van der Waals surface area contributed by atoms with Gasteiger partial charge < -0.3 is 24.0 Å².